The first kappa shape index (κ1) is 12.2. The molecule has 0 amide bonds. The molecule has 1 aliphatic rings. The van der Waals surface area contributed by atoms with Gasteiger partial charge in [-0.3, -0.25) is 0 Å². The minimum Gasteiger partial charge on any atom is -0.490 e. The zero-order chi connectivity index (χ0) is 12.5. The van der Waals surface area contributed by atoms with Crippen LogP contribution in [0.3, 0.4) is 0 Å². The number of rotatable bonds is 4. The van der Waals surface area contributed by atoms with Gasteiger partial charge in [0, 0.05) is 0 Å². The molecule has 94 valence electrons. The van der Waals surface area contributed by atoms with Crippen LogP contribution in [0.5, 0.6) is 5.75 Å². The smallest absolute Gasteiger partial charge is 0.407 e. The molecule has 0 radical (unpaired) electrons. The first-order valence-corrected chi connectivity index (χ1v) is 5.51. The third-order valence-corrected chi connectivity index (χ3v) is 2.66. The van der Waals surface area contributed by atoms with Crippen LogP contribution in [0.25, 0.3) is 0 Å². The van der Waals surface area contributed by atoms with Crippen molar-refractivity contribution in [1.29, 1.82) is 0 Å². The zero-order valence-electron chi connectivity index (χ0n) is 9.42. The van der Waals surface area contributed by atoms with Gasteiger partial charge in [0.25, 0.3) is 0 Å². The van der Waals surface area contributed by atoms with Crippen LogP contribution in [-0.4, -0.2) is 19.3 Å². The molecule has 1 unspecified atom stereocenters. The zero-order valence-corrected chi connectivity index (χ0v) is 9.42. The second-order valence-corrected chi connectivity index (χ2v) is 4.15. The fourth-order valence-corrected chi connectivity index (χ4v) is 1.64. The van der Waals surface area contributed by atoms with Crippen molar-refractivity contribution in [3.05, 3.63) is 29.8 Å². The predicted molar refractivity (Wildman–Crippen MR) is 57.9 cm³/mol. The summed E-state index contributed by atoms with van der Waals surface area (Å²) in [4.78, 5) is 0. The summed E-state index contributed by atoms with van der Waals surface area (Å²) in [5.74, 6) is 0.633. The van der Waals surface area contributed by atoms with Crippen molar-refractivity contribution >= 4 is 0 Å². The molecule has 1 aromatic carbocycles. The van der Waals surface area contributed by atoms with E-state index in [2.05, 4.69) is 5.32 Å². The predicted octanol–water partition coefficient (Wildman–Crippen LogP) is 3.05. The minimum absolute atomic E-state index is 0.197. The molecule has 2 rings (SSSR count). The van der Waals surface area contributed by atoms with E-state index in [1.165, 1.54) is 19.2 Å². The molecule has 2 nitrogen and oxygen atoms in total. The average Bonchev–Trinajstić information content (AvgIpc) is 3.03. The second kappa shape index (κ2) is 4.56. The van der Waals surface area contributed by atoms with Crippen LogP contribution in [-0.2, 0) is 0 Å². The van der Waals surface area contributed by atoms with Gasteiger partial charge in [0.2, 0.25) is 0 Å². The Morgan fingerprint density at radius 3 is 2.24 bits per heavy atom. The van der Waals surface area contributed by atoms with Gasteiger partial charge in [0.1, 0.15) is 11.8 Å². The van der Waals surface area contributed by atoms with Gasteiger partial charge in [-0.2, -0.15) is 13.2 Å². The number of halogens is 3. The first-order valence-electron chi connectivity index (χ1n) is 5.51. The normalized spacial score (nSPS) is 17.9. The van der Waals surface area contributed by atoms with E-state index in [-0.39, 0.29) is 11.7 Å². The van der Waals surface area contributed by atoms with Crippen LogP contribution < -0.4 is 10.1 Å². The third kappa shape index (κ3) is 3.12. The third-order valence-electron chi connectivity index (χ3n) is 2.66. The summed E-state index contributed by atoms with van der Waals surface area (Å²) in [5, 5.41) is 2.27. The molecule has 0 aromatic heterocycles. The van der Waals surface area contributed by atoms with Crippen LogP contribution in [0.1, 0.15) is 24.4 Å². The molecule has 0 saturated heterocycles. The molecule has 0 spiro atoms. The minimum atomic E-state index is -4.28. The molecular weight excluding hydrogens is 231 g/mol. The molecule has 5 heteroatoms. The lowest BCUT2D eigenvalue weighted by Crippen LogP contribution is -2.31. The van der Waals surface area contributed by atoms with E-state index in [1.54, 1.807) is 12.1 Å². The van der Waals surface area contributed by atoms with E-state index < -0.39 is 12.2 Å². The molecule has 1 fully saturated rings. The lowest BCUT2D eigenvalue weighted by molar-refractivity contribution is -0.156. The second-order valence-electron chi connectivity index (χ2n) is 4.15. The van der Waals surface area contributed by atoms with Crippen LogP contribution in [0, 0.1) is 0 Å². The van der Waals surface area contributed by atoms with E-state index in [9.17, 15) is 13.2 Å². The number of nitrogens with one attached hydrogen (secondary N) is 1. The number of hydrogen-bond acceptors (Lipinski definition) is 2. The van der Waals surface area contributed by atoms with Crippen molar-refractivity contribution in [3.63, 3.8) is 0 Å². The van der Waals surface area contributed by atoms with Crippen molar-refractivity contribution in [1.82, 2.24) is 5.32 Å². The standard InChI is InChI=1S/C12H14F3NO/c1-16-11(12(13,14)15)8-2-4-9(5-3-8)17-10-6-7-10/h2-5,10-11,16H,6-7H2,1H3. The molecule has 0 bridgehead atoms. The molecule has 0 aliphatic heterocycles. The van der Waals surface area contributed by atoms with E-state index in [4.69, 9.17) is 4.74 Å². The Hall–Kier alpha value is -1.23. The van der Waals surface area contributed by atoms with Gasteiger partial charge in [-0.1, -0.05) is 12.1 Å². The molecule has 17 heavy (non-hydrogen) atoms. The Labute approximate surface area is 97.8 Å². The highest BCUT2D eigenvalue weighted by Crippen LogP contribution is 2.33. The number of benzene rings is 1. The average molecular weight is 245 g/mol. The number of hydrogen-bond donors (Lipinski definition) is 1. The van der Waals surface area contributed by atoms with Gasteiger partial charge in [-0.05, 0) is 37.6 Å². The summed E-state index contributed by atoms with van der Waals surface area (Å²) in [6.07, 6.45) is -1.97. The summed E-state index contributed by atoms with van der Waals surface area (Å²) in [6.45, 7) is 0. The van der Waals surface area contributed by atoms with Crippen LogP contribution in [0.2, 0.25) is 0 Å². The Kier molecular flexibility index (Phi) is 3.28. The number of ether oxygens (including phenoxy) is 1. The van der Waals surface area contributed by atoms with Gasteiger partial charge < -0.3 is 10.1 Å². The maximum atomic E-state index is 12.6. The Morgan fingerprint density at radius 1 is 1.24 bits per heavy atom. The van der Waals surface area contributed by atoms with Crippen LogP contribution in [0.4, 0.5) is 13.2 Å². The highest BCUT2D eigenvalue weighted by Gasteiger charge is 2.39. The lowest BCUT2D eigenvalue weighted by atomic mass is 10.1. The maximum Gasteiger partial charge on any atom is 0.407 e. The molecular formula is C12H14F3NO. The van der Waals surface area contributed by atoms with Crippen molar-refractivity contribution < 1.29 is 17.9 Å². The lowest BCUT2D eigenvalue weighted by Gasteiger charge is -2.20. The van der Waals surface area contributed by atoms with E-state index >= 15 is 0 Å². The van der Waals surface area contributed by atoms with Crippen LogP contribution >= 0.6 is 0 Å². The van der Waals surface area contributed by atoms with Gasteiger partial charge in [-0.25, -0.2) is 0 Å². The monoisotopic (exact) mass is 245 g/mol. The molecule has 0 heterocycles. The Morgan fingerprint density at radius 2 is 1.82 bits per heavy atom. The van der Waals surface area contributed by atoms with Gasteiger partial charge in [-0.15, -0.1) is 0 Å². The Balaban J connectivity index is 2.09. The SMILES string of the molecule is CNC(c1ccc(OC2CC2)cc1)C(F)(F)F. The molecule has 1 aromatic rings. The first-order chi connectivity index (χ1) is 8.00. The molecule has 1 N–H and O–H groups in total. The summed E-state index contributed by atoms with van der Waals surface area (Å²) < 4.78 is 43.4. The van der Waals surface area contributed by atoms with E-state index in [0.717, 1.165) is 12.8 Å². The summed E-state index contributed by atoms with van der Waals surface area (Å²) in [5.41, 5.74) is 0.197. The maximum absolute atomic E-state index is 12.6. The van der Waals surface area contributed by atoms with Crippen molar-refractivity contribution in [2.24, 2.45) is 0 Å². The van der Waals surface area contributed by atoms with E-state index in [1.807, 2.05) is 0 Å². The van der Waals surface area contributed by atoms with Gasteiger partial charge in [0.15, 0.2) is 0 Å². The van der Waals surface area contributed by atoms with Gasteiger partial charge >= 0.3 is 6.18 Å². The number of alkyl halides is 3. The van der Waals surface area contributed by atoms with E-state index in [0.29, 0.717) is 5.75 Å². The summed E-state index contributed by atoms with van der Waals surface area (Å²) in [7, 11) is 1.30. The van der Waals surface area contributed by atoms with Crippen molar-refractivity contribution in [2.75, 3.05) is 7.05 Å². The molecule has 1 atom stereocenters. The summed E-state index contributed by atoms with van der Waals surface area (Å²) in [6, 6.07) is 4.45. The van der Waals surface area contributed by atoms with Crippen molar-refractivity contribution in [2.45, 2.75) is 31.2 Å². The highest BCUT2D eigenvalue weighted by atomic mass is 19.4. The summed E-state index contributed by atoms with van der Waals surface area (Å²) >= 11 is 0. The highest BCUT2D eigenvalue weighted by molar-refractivity contribution is 5.30. The Bertz CT molecular complexity index is 370. The molecule has 1 aliphatic carbocycles. The van der Waals surface area contributed by atoms with Crippen LogP contribution in [0.15, 0.2) is 24.3 Å². The molecule has 1 saturated carbocycles. The fourth-order valence-electron chi connectivity index (χ4n) is 1.64. The van der Waals surface area contributed by atoms with Crippen molar-refractivity contribution in [3.8, 4) is 5.75 Å². The quantitative estimate of drug-likeness (QED) is 0.880. The van der Waals surface area contributed by atoms with Gasteiger partial charge in [0.05, 0.1) is 6.10 Å². The fraction of sp³-hybridized carbons (Fsp3) is 0.500. The topological polar surface area (TPSA) is 21.3 Å². The largest absolute Gasteiger partial charge is 0.490 e.